The van der Waals surface area contributed by atoms with Gasteiger partial charge in [-0.05, 0) is 22.8 Å². The Balaban J connectivity index is 1.90. The van der Waals surface area contributed by atoms with E-state index in [1.54, 1.807) is 18.2 Å². The molecule has 1 N–H and O–H groups in total. The van der Waals surface area contributed by atoms with Crippen LogP contribution in [-0.2, 0) is 19.1 Å². The third-order valence-corrected chi connectivity index (χ3v) is 5.43. The smallest absolute Gasteiger partial charge is 0.344 e. The summed E-state index contributed by atoms with van der Waals surface area (Å²) in [6.45, 7) is 0. The molecule has 1 aliphatic rings. The third-order valence-electron chi connectivity index (χ3n) is 5.43. The molecule has 3 aromatic rings. The zero-order chi connectivity index (χ0) is 22.5. The van der Waals surface area contributed by atoms with Crippen LogP contribution in [0.25, 0.3) is 6.08 Å². The van der Waals surface area contributed by atoms with Gasteiger partial charge in [-0.1, -0.05) is 91.0 Å². The molecule has 32 heavy (non-hydrogen) atoms. The van der Waals surface area contributed by atoms with Crippen molar-refractivity contribution in [2.45, 2.75) is 11.8 Å². The fourth-order valence-electron chi connectivity index (χ4n) is 3.94. The van der Waals surface area contributed by atoms with Gasteiger partial charge in [0.05, 0.1) is 18.6 Å². The van der Waals surface area contributed by atoms with E-state index in [0.29, 0.717) is 11.1 Å². The summed E-state index contributed by atoms with van der Waals surface area (Å²) in [6.07, 6.45) is 1.60. The maximum Gasteiger partial charge on any atom is 0.344 e. The molecule has 0 spiro atoms. The van der Waals surface area contributed by atoms with Gasteiger partial charge in [-0.25, -0.2) is 4.79 Å². The molecule has 2 atom stereocenters. The van der Waals surface area contributed by atoms with Crippen LogP contribution in [0.5, 0.6) is 0 Å². The van der Waals surface area contributed by atoms with Crippen molar-refractivity contribution in [1.82, 2.24) is 0 Å². The fraction of sp³-hybridized carbons (Fsp3) is 0.111. The van der Waals surface area contributed by atoms with E-state index in [0.717, 1.165) is 5.56 Å². The van der Waals surface area contributed by atoms with Gasteiger partial charge in [-0.2, -0.15) is 0 Å². The minimum absolute atomic E-state index is 0.0256. The first-order valence-electron chi connectivity index (χ1n) is 10.2. The lowest BCUT2D eigenvalue weighted by Crippen LogP contribution is -2.25. The van der Waals surface area contributed by atoms with Gasteiger partial charge in [0.15, 0.2) is 11.5 Å². The number of ether oxygens (including phenoxy) is 2. The Morgan fingerprint density at radius 2 is 1.41 bits per heavy atom. The number of aliphatic hydroxyl groups excluding tert-OH is 1. The Morgan fingerprint density at radius 1 is 0.875 bits per heavy atom. The second-order valence-corrected chi connectivity index (χ2v) is 7.37. The predicted molar refractivity (Wildman–Crippen MR) is 121 cm³/mol. The minimum Gasteiger partial charge on any atom is -0.504 e. The molecule has 0 unspecified atom stereocenters. The summed E-state index contributed by atoms with van der Waals surface area (Å²) < 4.78 is 10.5. The number of esters is 2. The van der Waals surface area contributed by atoms with E-state index in [-0.39, 0.29) is 17.1 Å². The van der Waals surface area contributed by atoms with Crippen molar-refractivity contribution in [2.24, 2.45) is 0 Å². The van der Waals surface area contributed by atoms with Crippen molar-refractivity contribution >= 4 is 18.0 Å². The predicted octanol–water partition coefficient (Wildman–Crippen LogP) is 5.14. The first kappa shape index (κ1) is 21.1. The third kappa shape index (κ3) is 4.18. The average molecular weight is 426 g/mol. The standard InChI is InChI=1S/C27H22O5/c1-31-26(29)23(20-15-9-4-10-16-20)22(19-13-7-3-8-14-19)24-25(28)21(32-27(24)30)17-18-11-5-2-6-12-18/h2-17,22-23,28H,1H3/b21-17-/t22-,23-/m0/s1. The fourth-order valence-corrected chi connectivity index (χ4v) is 3.94. The molecule has 0 bridgehead atoms. The second-order valence-electron chi connectivity index (χ2n) is 7.37. The number of hydrogen-bond acceptors (Lipinski definition) is 5. The van der Waals surface area contributed by atoms with Crippen LogP contribution in [0.4, 0.5) is 0 Å². The van der Waals surface area contributed by atoms with Crippen molar-refractivity contribution in [3.8, 4) is 0 Å². The summed E-state index contributed by atoms with van der Waals surface area (Å²) in [5, 5.41) is 11.1. The first-order chi connectivity index (χ1) is 15.6. The van der Waals surface area contributed by atoms with E-state index in [1.165, 1.54) is 7.11 Å². The van der Waals surface area contributed by atoms with Crippen LogP contribution < -0.4 is 0 Å². The molecule has 5 heteroatoms. The van der Waals surface area contributed by atoms with Crippen LogP contribution in [0.15, 0.2) is 108 Å². The molecular formula is C27H22O5. The molecule has 0 saturated heterocycles. The molecule has 4 rings (SSSR count). The molecule has 0 radical (unpaired) electrons. The molecule has 0 amide bonds. The van der Waals surface area contributed by atoms with Crippen molar-refractivity contribution in [2.75, 3.05) is 7.11 Å². The molecular weight excluding hydrogens is 404 g/mol. The maximum atomic E-state index is 13.0. The van der Waals surface area contributed by atoms with E-state index in [1.807, 2.05) is 78.9 Å². The summed E-state index contributed by atoms with van der Waals surface area (Å²) in [5.41, 5.74) is 2.15. The number of aliphatic hydroxyl groups is 1. The van der Waals surface area contributed by atoms with E-state index in [2.05, 4.69) is 0 Å². The van der Waals surface area contributed by atoms with Crippen LogP contribution in [0, 0.1) is 0 Å². The lowest BCUT2D eigenvalue weighted by molar-refractivity contribution is -0.143. The monoisotopic (exact) mass is 426 g/mol. The quantitative estimate of drug-likeness (QED) is 0.553. The molecule has 0 aromatic heterocycles. The summed E-state index contributed by atoms with van der Waals surface area (Å²) in [6, 6.07) is 27.4. The number of carbonyl (C=O) groups is 2. The number of carbonyl (C=O) groups excluding carboxylic acids is 2. The zero-order valence-electron chi connectivity index (χ0n) is 17.5. The lowest BCUT2D eigenvalue weighted by atomic mass is 9.76. The van der Waals surface area contributed by atoms with E-state index in [4.69, 9.17) is 9.47 Å². The number of benzene rings is 3. The highest BCUT2D eigenvalue weighted by Crippen LogP contribution is 2.44. The van der Waals surface area contributed by atoms with Gasteiger partial charge < -0.3 is 14.6 Å². The SMILES string of the molecule is COC(=O)[C@@H](c1ccccc1)[C@@H](C1=C(O)/C(=C/c2ccccc2)OC1=O)c1ccccc1. The molecule has 0 fully saturated rings. The molecule has 1 heterocycles. The van der Waals surface area contributed by atoms with Crippen molar-refractivity contribution in [3.63, 3.8) is 0 Å². The number of rotatable bonds is 6. The van der Waals surface area contributed by atoms with Gasteiger partial charge in [0.25, 0.3) is 0 Å². The average Bonchev–Trinajstić information content (AvgIpc) is 3.11. The van der Waals surface area contributed by atoms with Gasteiger partial charge >= 0.3 is 11.9 Å². The van der Waals surface area contributed by atoms with Crippen LogP contribution in [-0.4, -0.2) is 24.2 Å². The van der Waals surface area contributed by atoms with Gasteiger partial charge in [0, 0.05) is 5.92 Å². The first-order valence-corrected chi connectivity index (χ1v) is 10.2. The molecule has 0 saturated carbocycles. The lowest BCUT2D eigenvalue weighted by Gasteiger charge is -2.26. The van der Waals surface area contributed by atoms with E-state index < -0.39 is 23.8 Å². The highest BCUT2D eigenvalue weighted by atomic mass is 16.6. The van der Waals surface area contributed by atoms with Crippen molar-refractivity contribution in [1.29, 1.82) is 0 Å². The van der Waals surface area contributed by atoms with Crippen molar-refractivity contribution in [3.05, 3.63) is 125 Å². The summed E-state index contributed by atoms with van der Waals surface area (Å²) in [5.74, 6) is -3.10. The highest BCUT2D eigenvalue weighted by molar-refractivity contribution is 5.98. The Labute approximate surface area is 186 Å². The van der Waals surface area contributed by atoms with Gasteiger partial charge in [0.2, 0.25) is 0 Å². The molecule has 1 aliphatic heterocycles. The Bertz CT molecular complexity index is 1160. The largest absolute Gasteiger partial charge is 0.504 e. The molecule has 0 aliphatic carbocycles. The maximum absolute atomic E-state index is 13.0. The molecule has 5 nitrogen and oxygen atoms in total. The highest BCUT2D eigenvalue weighted by Gasteiger charge is 2.43. The van der Waals surface area contributed by atoms with Gasteiger partial charge in [0.1, 0.15) is 0 Å². The number of cyclic esters (lactones) is 1. The normalized spacial score (nSPS) is 16.5. The van der Waals surface area contributed by atoms with E-state index >= 15 is 0 Å². The minimum atomic E-state index is -0.857. The molecule has 3 aromatic carbocycles. The van der Waals surface area contributed by atoms with E-state index in [9.17, 15) is 14.7 Å². The van der Waals surface area contributed by atoms with Crippen molar-refractivity contribution < 1.29 is 24.2 Å². The Kier molecular flexibility index (Phi) is 6.17. The Hall–Kier alpha value is -4.12. The topological polar surface area (TPSA) is 72.8 Å². The summed E-state index contributed by atoms with van der Waals surface area (Å²) in [7, 11) is 1.31. The van der Waals surface area contributed by atoms with Crippen LogP contribution >= 0.6 is 0 Å². The van der Waals surface area contributed by atoms with Crippen LogP contribution in [0.3, 0.4) is 0 Å². The van der Waals surface area contributed by atoms with Gasteiger partial charge in [-0.3, -0.25) is 4.79 Å². The van der Waals surface area contributed by atoms with Gasteiger partial charge in [-0.15, -0.1) is 0 Å². The molecule has 160 valence electrons. The van der Waals surface area contributed by atoms with Crippen LogP contribution in [0.2, 0.25) is 0 Å². The zero-order valence-corrected chi connectivity index (χ0v) is 17.5. The number of hydrogen-bond donors (Lipinski definition) is 1. The summed E-state index contributed by atoms with van der Waals surface area (Å²) in [4.78, 5) is 26.0. The Morgan fingerprint density at radius 3 is 1.97 bits per heavy atom. The summed E-state index contributed by atoms with van der Waals surface area (Å²) >= 11 is 0. The number of methoxy groups -OCH3 is 1. The second kappa shape index (κ2) is 9.35. The van der Waals surface area contributed by atoms with Crippen LogP contribution in [0.1, 0.15) is 28.5 Å².